The maximum atomic E-state index is 12.9. The third-order valence-electron chi connectivity index (χ3n) is 4.12. The Morgan fingerprint density at radius 2 is 2.07 bits per heavy atom. The number of nitrogens with zero attached hydrogens (tertiary/aromatic N) is 3. The molecular formula is C18H18ClF3N4O. The Kier molecular flexibility index (Phi) is 6.50. The van der Waals surface area contributed by atoms with Gasteiger partial charge in [0.15, 0.2) is 0 Å². The first-order valence-corrected chi connectivity index (χ1v) is 8.57. The van der Waals surface area contributed by atoms with E-state index < -0.39 is 22.7 Å². The fraction of sp³-hybridized carbons (Fsp3) is 0.389. The molecule has 0 aliphatic heterocycles. The highest BCUT2D eigenvalue weighted by Gasteiger charge is 2.33. The van der Waals surface area contributed by atoms with Gasteiger partial charge in [-0.2, -0.15) is 23.5 Å². The van der Waals surface area contributed by atoms with Crippen LogP contribution in [0.1, 0.15) is 35.4 Å². The predicted octanol–water partition coefficient (Wildman–Crippen LogP) is 4.66. The standard InChI is InChI=1S/C18H18ClF3N4O/c1-11-14(12(2)26(25-11)9-3-8-23)5-7-17(27)24-13-4-6-16(19)15(10-13)18(20,21)22/h4,6,10H,3,5,7,9H2,1-2H3,(H,24,27). The maximum absolute atomic E-state index is 12.9. The molecule has 0 aliphatic rings. The van der Waals surface area contributed by atoms with E-state index in [0.29, 0.717) is 19.4 Å². The fourth-order valence-corrected chi connectivity index (χ4v) is 2.98. The van der Waals surface area contributed by atoms with Crippen LogP contribution in [0.15, 0.2) is 18.2 Å². The molecule has 0 unspecified atom stereocenters. The van der Waals surface area contributed by atoms with E-state index >= 15 is 0 Å². The lowest BCUT2D eigenvalue weighted by Gasteiger charge is -2.12. The van der Waals surface area contributed by atoms with Gasteiger partial charge in [-0.25, -0.2) is 0 Å². The van der Waals surface area contributed by atoms with E-state index in [0.717, 1.165) is 29.1 Å². The average Bonchev–Trinajstić information content (AvgIpc) is 2.85. The number of aryl methyl sites for hydroxylation is 2. The number of halogens is 4. The van der Waals surface area contributed by atoms with Crippen molar-refractivity contribution in [2.24, 2.45) is 0 Å². The van der Waals surface area contributed by atoms with Crippen LogP contribution in [0.3, 0.4) is 0 Å². The van der Waals surface area contributed by atoms with Crippen LogP contribution >= 0.6 is 11.6 Å². The molecule has 9 heteroatoms. The van der Waals surface area contributed by atoms with Crippen molar-refractivity contribution in [3.05, 3.63) is 45.7 Å². The van der Waals surface area contributed by atoms with Crippen LogP contribution in [0.4, 0.5) is 18.9 Å². The smallest absolute Gasteiger partial charge is 0.326 e. The van der Waals surface area contributed by atoms with Crippen LogP contribution in [-0.4, -0.2) is 15.7 Å². The highest BCUT2D eigenvalue weighted by atomic mass is 35.5. The SMILES string of the molecule is Cc1nn(CCC#N)c(C)c1CCC(=O)Nc1ccc(Cl)c(C(F)(F)F)c1. The molecular weight excluding hydrogens is 381 g/mol. The molecule has 2 rings (SSSR count). The zero-order valence-electron chi connectivity index (χ0n) is 14.8. The van der Waals surface area contributed by atoms with Gasteiger partial charge in [-0.05, 0) is 44.0 Å². The summed E-state index contributed by atoms with van der Waals surface area (Å²) in [5.74, 6) is -0.408. The lowest BCUT2D eigenvalue weighted by atomic mass is 10.1. The molecule has 1 aromatic carbocycles. The third-order valence-corrected chi connectivity index (χ3v) is 4.45. The summed E-state index contributed by atoms with van der Waals surface area (Å²) in [6.45, 7) is 4.15. The molecule has 0 saturated carbocycles. The molecule has 0 fully saturated rings. The second-order valence-electron chi connectivity index (χ2n) is 6.02. The minimum atomic E-state index is -4.59. The first-order chi connectivity index (χ1) is 12.6. The number of aromatic nitrogens is 2. The maximum Gasteiger partial charge on any atom is 0.417 e. The molecule has 2 aromatic rings. The van der Waals surface area contributed by atoms with E-state index in [2.05, 4.69) is 16.5 Å². The highest BCUT2D eigenvalue weighted by Crippen LogP contribution is 2.36. The predicted molar refractivity (Wildman–Crippen MR) is 95.3 cm³/mol. The summed E-state index contributed by atoms with van der Waals surface area (Å²) in [5.41, 5.74) is 1.59. The van der Waals surface area contributed by atoms with Gasteiger partial charge < -0.3 is 5.32 Å². The van der Waals surface area contributed by atoms with E-state index in [1.807, 2.05) is 13.8 Å². The van der Waals surface area contributed by atoms with Crippen molar-refractivity contribution >= 4 is 23.2 Å². The van der Waals surface area contributed by atoms with Crippen molar-refractivity contribution < 1.29 is 18.0 Å². The van der Waals surface area contributed by atoms with Crippen molar-refractivity contribution in [1.29, 1.82) is 5.26 Å². The monoisotopic (exact) mass is 398 g/mol. The molecule has 0 saturated heterocycles. The quantitative estimate of drug-likeness (QED) is 0.769. The molecule has 5 nitrogen and oxygen atoms in total. The van der Waals surface area contributed by atoms with Crippen molar-refractivity contribution in [2.45, 2.75) is 45.8 Å². The van der Waals surface area contributed by atoms with Crippen LogP contribution in [0, 0.1) is 25.2 Å². The molecule has 27 heavy (non-hydrogen) atoms. The molecule has 1 N–H and O–H groups in total. The number of carbonyl (C=O) groups excluding carboxylic acids is 1. The van der Waals surface area contributed by atoms with Gasteiger partial charge in [-0.1, -0.05) is 11.6 Å². The Bertz CT molecular complexity index is 884. The summed E-state index contributed by atoms with van der Waals surface area (Å²) in [4.78, 5) is 12.1. The lowest BCUT2D eigenvalue weighted by Crippen LogP contribution is -2.14. The largest absolute Gasteiger partial charge is 0.417 e. The minimum absolute atomic E-state index is 0.0369. The van der Waals surface area contributed by atoms with Gasteiger partial charge in [0, 0.05) is 17.8 Å². The zero-order chi connectivity index (χ0) is 20.2. The van der Waals surface area contributed by atoms with Crippen molar-refractivity contribution in [3.8, 4) is 6.07 Å². The number of amides is 1. The van der Waals surface area contributed by atoms with Gasteiger partial charge in [0.2, 0.25) is 5.91 Å². The van der Waals surface area contributed by atoms with Gasteiger partial charge >= 0.3 is 6.18 Å². The zero-order valence-corrected chi connectivity index (χ0v) is 15.6. The van der Waals surface area contributed by atoms with Gasteiger partial charge in [0.25, 0.3) is 0 Å². The average molecular weight is 399 g/mol. The van der Waals surface area contributed by atoms with Gasteiger partial charge in [0.1, 0.15) is 0 Å². The van der Waals surface area contributed by atoms with E-state index in [-0.39, 0.29) is 12.1 Å². The highest BCUT2D eigenvalue weighted by molar-refractivity contribution is 6.31. The summed E-state index contributed by atoms with van der Waals surface area (Å²) in [6.07, 6.45) is -3.77. The number of benzene rings is 1. The van der Waals surface area contributed by atoms with Gasteiger partial charge in [-0.15, -0.1) is 0 Å². The summed E-state index contributed by atoms with van der Waals surface area (Å²) >= 11 is 5.57. The molecule has 1 amide bonds. The summed E-state index contributed by atoms with van der Waals surface area (Å²) in [6, 6.07) is 5.30. The van der Waals surface area contributed by atoms with Crippen molar-refractivity contribution in [1.82, 2.24) is 9.78 Å². The third kappa shape index (κ3) is 5.23. The van der Waals surface area contributed by atoms with Crippen LogP contribution in [0.25, 0.3) is 0 Å². The van der Waals surface area contributed by atoms with Gasteiger partial charge in [0.05, 0.1) is 35.3 Å². The Hall–Kier alpha value is -2.53. The number of alkyl halides is 3. The first kappa shape index (κ1) is 20.8. The topological polar surface area (TPSA) is 70.7 Å². The van der Waals surface area contributed by atoms with Crippen molar-refractivity contribution in [2.75, 3.05) is 5.32 Å². The molecule has 0 spiro atoms. The summed E-state index contributed by atoms with van der Waals surface area (Å²) in [5, 5.41) is 15.1. The number of carbonyl (C=O) groups is 1. The Labute approximate surface area is 159 Å². The van der Waals surface area contributed by atoms with Crippen molar-refractivity contribution in [3.63, 3.8) is 0 Å². The molecule has 0 atom stereocenters. The number of hydrogen-bond acceptors (Lipinski definition) is 3. The number of hydrogen-bond donors (Lipinski definition) is 1. The molecule has 144 valence electrons. The number of rotatable bonds is 6. The lowest BCUT2D eigenvalue weighted by molar-refractivity contribution is -0.137. The van der Waals surface area contributed by atoms with Crippen LogP contribution in [-0.2, 0) is 23.9 Å². The van der Waals surface area contributed by atoms with Gasteiger partial charge in [-0.3, -0.25) is 9.48 Å². The van der Waals surface area contributed by atoms with E-state index in [1.165, 1.54) is 6.07 Å². The summed E-state index contributed by atoms with van der Waals surface area (Å²) in [7, 11) is 0. The molecule has 1 heterocycles. The van der Waals surface area contributed by atoms with E-state index in [4.69, 9.17) is 16.9 Å². The second-order valence-corrected chi connectivity index (χ2v) is 6.43. The summed E-state index contributed by atoms with van der Waals surface area (Å²) < 4.78 is 40.4. The number of anilines is 1. The second kappa shape index (κ2) is 8.44. The first-order valence-electron chi connectivity index (χ1n) is 8.20. The fourth-order valence-electron chi connectivity index (χ4n) is 2.75. The molecule has 1 aromatic heterocycles. The van der Waals surface area contributed by atoms with Crippen LogP contribution in [0.5, 0.6) is 0 Å². The molecule has 0 aliphatic carbocycles. The van der Waals surface area contributed by atoms with E-state index in [1.54, 1.807) is 4.68 Å². The molecule has 0 radical (unpaired) electrons. The Balaban J connectivity index is 2.04. The molecule has 0 bridgehead atoms. The van der Waals surface area contributed by atoms with E-state index in [9.17, 15) is 18.0 Å². The Morgan fingerprint density at radius 3 is 2.70 bits per heavy atom. The number of nitriles is 1. The number of nitrogens with one attached hydrogen (secondary N) is 1. The van der Waals surface area contributed by atoms with Crippen LogP contribution < -0.4 is 5.32 Å². The Morgan fingerprint density at radius 1 is 1.37 bits per heavy atom. The minimum Gasteiger partial charge on any atom is -0.326 e. The van der Waals surface area contributed by atoms with Crippen LogP contribution in [0.2, 0.25) is 5.02 Å². The normalized spacial score (nSPS) is 11.3.